The lowest BCUT2D eigenvalue weighted by Gasteiger charge is -2.26. The Balaban J connectivity index is 1.17. The predicted molar refractivity (Wildman–Crippen MR) is 246 cm³/mol. The number of allylic oxidation sites excluding steroid dienone is 1. The van der Waals surface area contributed by atoms with E-state index < -0.39 is 0 Å². The van der Waals surface area contributed by atoms with Crippen LogP contribution in [0, 0.1) is 25.7 Å². The maximum Gasteiger partial charge on any atom is 0.127 e. The van der Waals surface area contributed by atoms with Gasteiger partial charge in [0.05, 0.1) is 13.7 Å². The van der Waals surface area contributed by atoms with Gasteiger partial charge < -0.3 is 14.4 Å². The highest BCUT2D eigenvalue weighted by atomic mass is 16.5. The van der Waals surface area contributed by atoms with Crippen LogP contribution in [0.2, 0.25) is 0 Å². The van der Waals surface area contributed by atoms with Crippen molar-refractivity contribution in [2.45, 2.75) is 67.2 Å². The molecule has 0 heterocycles. The molecule has 3 nitrogen and oxygen atoms in total. The van der Waals surface area contributed by atoms with Crippen molar-refractivity contribution < 1.29 is 9.47 Å². The minimum absolute atomic E-state index is 0.647. The van der Waals surface area contributed by atoms with Gasteiger partial charge in [-0.05, 0) is 115 Å². The summed E-state index contributed by atoms with van der Waals surface area (Å²) >= 11 is 0. The van der Waals surface area contributed by atoms with Crippen LogP contribution in [0.5, 0.6) is 11.5 Å². The molecule has 0 saturated heterocycles. The van der Waals surface area contributed by atoms with Crippen LogP contribution in [0.1, 0.15) is 81.2 Å². The quantitative estimate of drug-likeness (QED) is 0.0866. The van der Waals surface area contributed by atoms with Crippen molar-refractivity contribution in [1.82, 2.24) is 0 Å². The Morgan fingerprint density at radius 2 is 0.982 bits per heavy atom. The fourth-order valence-corrected chi connectivity index (χ4v) is 7.19. The monoisotopic (exact) mass is 753 g/mol. The summed E-state index contributed by atoms with van der Waals surface area (Å²) in [4.78, 5) is 2.32. The molecule has 292 valence electrons. The van der Waals surface area contributed by atoms with E-state index in [2.05, 4.69) is 191 Å². The van der Waals surface area contributed by atoms with Gasteiger partial charge in [0.1, 0.15) is 11.5 Å². The lowest BCUT2D eigenvalue weighted by Crippen LogP contribution is -2.09. The Kier molecular flexibility index (Phi) is 14.2. The van der Waals surface area contributed by atoms with Crippen LogP contribution in [0.3, 0.4) is 0 Å². The lowest BCUT2D eigenvalue weighted by molar-refractivity contribution is 0.275. The van der Waals surface area contributed by atoms with Gasteiger partial charge in [-0.2, -0.15) is 0 Å². The van der Waals surface area contributed by atoms with E-state index in [-0.39, 0.29) is 0 Å². The molecule has 6 rings (SSSR count). The molecule has 0 aliphatic heterocycles. The molecule has 1 unspecified atom stereocenters. The Bertz CT molecular complexity index is 2210. The van der Waals surface area contributed by atoms with E-state index in [1.165, 1.54) is 52.6 Å². The molecule has 1 atom stereocenters. The number of anilines is 3. The first-order valence-corrected chi connectivity index (χ1v) is 20.6. The first-order chi connectivity index (χ1) is 27.7. The Labute approximate surface area is 342 Å². The zero-order valence-corrected chi connectivity index (χ0v) is 35.0. The number of hydrogen-bond donors (Lipinski definition) is 0. The van der Waals surface area contributed by atoms with Crippen LogP contribution in [0.25, 0.3) is 40.5 Å². The van der Waals surface area contributed by atoms with Gasteiger partial charge in [0.15, 0.2) is 0 Å². The molecule has 0 N–H and O–H groups in total. The van der Waals surface area contributed by atoms with E-state index in [1.54, 1.807) is 7.11 Å². The highest BCUT2D eigenvalue weighted by Crippen LogP contribution is 2.37. The van der Waals surface area contributed by atoms with Crippen molar-refractivity contribution in [3.05, 3.63) is 167 Å². The topological polar surface area (TPSA) is 21.7 Å². The van der Waals surface area contributed by atoms with Gasteiger partial charge >= 0.3 is 0 Å². The number of benzene rings is 6. The highest BCUT2D eigenvalue weighted by Gasteiger charge is 2.14. The molecule has 6 aromatic carbocycles. The zero-order chi connectivity index (χ0) is 40.1. The number of nitrogens with zero attached hydrogens (tertiary/aromatic N) is 1. The standard InChI is InChI=1S/C54H59NO2/c1-8-10-48-37-53(56-7)49(38-54(48)57-36-35-40(4)12-9-11-39(2)3)24-19-43-17-22-45(23-18-43)47-27-33-52(34-28-47)55(50-29-15-42(6)16-30-50)51-31-25-46(26-32-51)44-20-13-41(5)14-21-44/h8,10,13-34,37-40H,9,11-12,35-36H2,1-7H3. The third-order valence-electron chi connectivity index (χ3n) is 10.7. The van der Waals surface area contributed by atoms with Crippen LogP contribution in [-0.2, 0) is 0 Å². The summed E-state index contributed by atoms with van der Waals surface area (Å²) in [7, 11) is 1.73. The SMILES string of the molecule is CC=Cc1cc(OC)c(C=Cc2ccc(-c3ccc(N(c4ccc(C)cc4)c4ccc(-c5ccc(C)cc5)cc4)cc3)cc2)cc1OCCC(C)CCCC(C)C. The van der Waals surface area contributed by atoms with Gasteiger partial charge in [-0.3, -0.25) is 0 Å². The predicted octanol–water partition coefficient (Wildman–Crippen LogP) is 15.6. The smallest absolute Gasteiger partial charge is 0.127 e. The normalized spacial score (nSPS) is 12.1. The van der Waals surface area contributed by atoms with Crippen LogP contribution in [-0.4, -0.2) is 13.7 Å². The van der Waals surface area contributed by atoms with Crippen LogP contribution < -0.4 is 14.4 Å². The second-order valence-corrected chi connectivity index (χ2v) is 15.8. The maximum absolute atomic E-state index is 6.40. The van der Waals surface area contributed by atoms with Crippen molar-refractivity contribution in [3.63, 3.8) is 0 Å². The molecular weight excluding hydrogens is 695 g/mol. The van der Waals surface area contributed by atoms with E-state index in [0.717, 1.165) is 57.6 Å². The first kappa shape index (κ1) is 40.9. The molecule has 0 aliphatic carbocycles. The lowest BCUT2D eigenvalue weighted by atomic mass is 9.98. The Morgan fingerprint density at radius 3 is 1.49 bits per heavy atom. The van der Waals surface area contributed by atoms with E-state index >= 15 is 0 Å². The summed E-state index contributed by atoms with van der Waals surface area (Å²) in [5, 5.41) is 0. The van der Waals surface area contributed by atoms with Crippen molar-refractivity contribution >= 4 is 35.3 Å². The first-order valence-electron chi connectivity index (χ1n) is 20.6. The number of methoxy groups -OCH3 is 1. The zero-order valence-electron chi connectivity index (χ0n) is 35.0. The average Bonchev–Trinajstić information content (AvgIpc) is 3.22. The summed E-state index contributed by atoms with van der Waals surface area (Å²) in [6.45, 7) is 13.9. The second kappa shape index (κ2) is 19.9. The third kappa shape index (κ3) is 11.2. The largest absolute Gasteiger partial charge is 0.496 e. The maximum atomic E-state index is 6.40. The highest BCUT2D eigenvalue weighted by molar-refractivity contribution is 5.81. The third-order valence-corrected chi connectivity index (χ3v) is 10.7. The minimum atomic E-state index is 0.647. The molecule has 0 bridgehead atoms. The van der Waals surface area contributed by atoms with Crippen molar-refractivity contribution in [2.75, 3.05) is 18.6 Å². The van der Waals surface area contributed by atoms with E-state index in [9.17, 15) is 0 Å². The molecule has 57 heavy (non-hydrogen) atoms. The van der Waals surface area contributed by atoms with Gasteiger partial charge in [0.25, 0.3) is 0 Å². The van der Waals surface area contributed by atoms with Gasteiger partial charge in [0, 0.05) is 28.2 Å². The summed E-state index contributed by atoms with van der Waals surface area (Å²) < 4.78 is 12.2. The van der Waals surface area contributed by atoms with Crippen molar-refractivity contribution in [3.8, 4) is 33.8 Å². The number of ether oxygens (including phenoxy) is 2. The number of rotatable bonds is 17. The molecule has 3 heteroatoms. The average molecular weight is 754 g/mol. The molecular formula is C54H59NO2. The molecule has 0 aromatic heterocycles. The fourth-order valence-electron chi connectivity index (χ4n) is 7.19. The molecule has 0 spiro atoms. The summed E-state index contributed by atoms with van der Waals surface area (Å²) in [5.74, 6) is 3.13. The molecule has 0 radical (unpaired) electrons. The van der Waals surface area contributed by atoms with E-state index in [1.807, 2.05) is 13.0 Å². The van der Waals surface area contributed by atoms with Crippen LogP contribution in [0.4, 0.5) is 17.1 Å². The van der Waals surface area contributed by atoms with Gasteiger partial charge in [-0.25, -0.2) is 0 Å². The second-order valence-electron chi connectivity index (χ2n) is 15.8. The minimum Gasteiger partial charge on any atom is -0.496 e. The molecule has 0 amide bonds. The van der Waals surface area contributed by atoms with E-state index in [0.29, 0.717) is 12.5 Å². The Morgan fingerprint density at radius 1 is 0.526 bits per heavy atom. The van der Waals surface area contributed by atoms with Gasteiger partial charge in [-0.15, -0.1) is 0 Å². The van der Waals surface area contributed by atoms with Crippen molar-refractivity contribution in [2.24, 2.45) is 11.8 Å². The molecule has 0 aliphatic rings. The van der Waals surface area contributed by atoms with Crippen LogP contribution >= 0.6 is 0 Å². The number of hydrogen-bond acceptors (Lipinski definition) is 3. The Hall–Kier alpha value is -5.80. The fraction of sp³-hybridized carbons (Fsp3) is 0.259. The molecule has 0 fully saturated rings. The molecule has 0 saturated carbocycles. The summed E-state index contributed by atoms with van der Waals surface area (Å²) in [5.41, 5.74) is 13.8. The van der Waals surface area contributed by atoms with E-state index in [4.69, 9.17) is 9.47 Å². The number of aryl methyl sites for hydroxylation is 2. The summed E-state index contributed by atoms with van der Waals surface area (Å²) in [6.07, 6.45) is 13.3. The van der Waals surface area contributed by atoms with Gasteiger partial charge in [0.2, 0.25) is 0 Å². The van der Waals surface area contributed by atoms with Gasteiger partial charge in [-0.1, -0.05) is 160 Å². The summed E-state index contributed by atoms with van der Waals surface area (Å²) in [6, 6.07) is 48.1. The van der Waals surface area contributed by atoms with Crippen LogP contribution in [0.15, 0.2) is 140 Å². The van der Waals surface area contributed by atoms with Crippen molar-refractivity contribution in [1.29, 1.82) is 0 Å². The molecule has 6 aromatic rings.